The first-order valence-corrected chi connectivity index (χ1v) is 24.8. The molecule has 1 rings (SSSR count). The monoisotopic (exact) mass is 899 g/mol. The lowest BCUT2D eigenvalue weighted by atomic mass is 9.98. The van der Waals surface area contributed by atoms with Gasteiger partial charge in [0, 0.05) is 20.1 Å². The minimum Gasteiger partial charge on any atom is -0.469 e. The predicted molar refractivity (Wildman–Crippen MR) is 245 cm³/mol. The van der Waals surface area contributed by atoms with E-state index in [9.17, 15) is 14.2 Å². The van der Waals surface area contributed by atoms with E-state index < -0.39 is 57.3 Å². The number of rotatable bonds is 41. The van der Waals surface area contributed by atoms with E-state index in [0.717, 1.165) is 64.2 Å². The minimum atomic E-state index is -4.40. The van der Waals surface area contributed by atoms with E-state index >= 15 is 0 Å². The summed E-state index contributed by atoms with van der Waals surface area (Å²) in [6, 6.07) is 0. The molecule has 0 aromatic rings. The first-order valence-electron chi connectivity index (χ1n) is 23.3. The van der Waals surface area contributed by atoms with Gasteiger partial charge in [-0.25, -0.2) is 9.36 Å². The summed E-state index contributed by atoms with van der Waals surface area (Å²) in [4.78, 5) is 26.1. The maximum Gasteiger partial charge on any atom is 0.508 e. The molecule has 0 bridgehead atoms. The molecule has 1 aliphatic rings. The van der Waals surface area contributed by atoms with Crippen LogP contribution < -0.4 is 0 Å². The van der Waals surface area contributed by atoms with E-state index in [2.05, 4.69) is 45.7 Å². The standard InChI is InChI=1S/C48H83O13P/c1-8-14-16-18-19-20-21-22-23-24-25-26-27-29-31-33-43(49)60-46-45(53-39-34-41(52-7)32-30-28-17-15-9-2)44(61-62(51,57-37-12-5)58-38-13-6)42(59-47(46)54-35-10-3)40-56-48(50)55-36-11-4/h10-13,20-21,35,41-42,44-47H,4-6,8-9,14-19,22-34,36-40H2,1-3,7H3/b21-20-,35-10+/t41-,42-,44-,45+,46-,47?/m1/s1. The van der Waals surface area contributed by atoms with Crippen molar-refractivity contribution in [3.8, 4) is 0 Å². The molecule has 0 radical (unpaired) electrons. The van der Waals surface area contributed by atoms with Crippen molar-refractivity contribution in [1.82, 2.24) is 0 Å². The van der Waals surface area contributed by atoms with Crippen LogP contribution in [0.1, 0.15) is 156 Å². The second-order valence-electron chi connectivity index (χ2n) is 15.5. The van der Waals surface area contributed by atoms with Crippen LogP contribution in [0.4, 0.5) is 4.79 Å². The van der Waals surface area contributed by atoms with Crippen molar-refractivity contribution in [2.45, 2.75) is 192 Å². The Kier molecular flexibility index (Phi) is 35.7. The highest BCUT2D eigenvalue weighted by molar-refractivity contribution is 7.48. The fourth-order valence-corrected chi connectivity index (χ4v) is 8.14. The molecule has 1 fully saturated rings. The van der Waals surface area contributed by atoms with Crippen molar-refractivity contribution in [3.05, 3.63) is 62.5 Å². The molecule has 0 N–H and O–H groups in total. The zero-order valence-electron chi connectivity index (χ0n) is 38.8. The SMILES string of the molecule is C=CCOC(=O)OC[C@H]1OC(O/C=C/C)[C@H](OC(=O)CCCCCCCCC/C=C\CCCCCC)[C@@H](OCC[C@@H](CCCCCCC)OC)[C@@H]1OP(=O)(OCC=C)OCC=C. The molecule has 1 unspecified atom stereocenters. The second-order valence-corrected chi connectivity index (χ2v) is 17.1. The number of ether oxygens (including phenoxy) is 7. The summed E-state index contributed by atoms with van der Waals surface area (Å²) in [5.41, 5.74) is 0. The number of hydrogen-bond donors (Lipinski definition) is 0. The van der Waals surface area contributed by atoms with Gasteiger partial charge in [-0.2, -0.15) is 0 Å². The van der Waals surface area contributed by atoms with Gasteiger partial charge in [0.2, 0.25) is 6.29 Å². The summed E-state index contributed by atoms with van der Waals surface area (Å²) in [5.74, 6) is -0.486. The summed E-state index contributed by atoms with van der Waals surface area (Å²) < 4.78 is 72.6. The molecule has 6 atom stereocenters. The highest BCUT2D eigenvalue weighted by Gasteiger charge is 2.53. The Morgan fingerprint density at radius 1 is 0.710 bits per heavy atom. The van der Waals surface area contributed by atoms with Crippen molar-refractivity contribution in [1.29, 1.82) is 0 Å². The first-order chi connectivity index (χ1) is 30.2. The van der Waals surface area contributed by atoms with Crippen LogP contribution in [-0.2, 0) is 56.1 Å². The zero-order valence-corrected chi connectivity index (χ0v) is 39.7. The molecule has 358 valence electrons. The third-order valence-corrected chi connectivity index (χ3v) is 11.6. The lowest BCUT2D eigenvalue weighted by Crippen LogP contribution is -2.62. The Hall–Kier alpha value is -2.77. The van der Waals surface area contributed by atoms with Gasteiger partial charge in [0.15, 0.2) is 6.10 Å². The van der Waals surface area contributed by atoms with E-state index in [-0.39, 0.29) is 39.0 Å². The Labute approximate surface area is 374 Å². The summed E-state index contributed by atoms with van der Waals surface area (Å²) in [6.45, 7) is 16.3. The third-order valence-electron chi connectivity index (χ3n) is 10.2. The highest BCUT2D eigenvalue weighted by Crippen LogP contribution is 2.52. The molecule has 0 spiro atoms. The van der Waals surface area contributed by atoms with E-state index in [4.69, 9.17) is 46.7 Å². The number of unbranched alkanes of at least 4 members (excludes halogenated alkanes) is 15. The zero-order chi connectivity index (χ0) is 45.5. The number of methoxy groups -OCH3 is 1. The van der Waals surface area contributed by atoms with Gasteiger partial charge >= 0.3 is 19.9 Å². The summed E-state index contributed by atoms with van der Waals surface area (Å²) >= 11 is 0. The normalized spacial score (nSPS) is 19.6. The number of carbonyl (C=O) groups is 2. The lowest BCUT2D eigenvalue weighted by molar-refractivity contribution is -0.297. The largest absolute Gasteiger partial charge is 0.508 e. The van der Waals surface area contributed by atoms with Crippen molar-refractivity contribution >= 4 is 19.9 Å². The van der Waals surface area contributed by atoms with Gasteiger partial charge in [0.05, 0.1) is 25.6 Å². The highest BCUT2D eigenvalue weighted by atomic mass is 31.2. The minimum absolute atomic E-state index is 0.0858. The smallest absolute Gasteiger partial charge is 0.469 e. The summed E-state index contributed by atoms with van der Waals surface area (Å²) in [5, 5.41) is 0. The maximum absolute atomic E-state index is 14.2. The van der Waals surface area contributed by atoms with Crippen molar-refractivity contribution < 1.29 is 60.9 Å². The molecular weight excluding hydrogens is 815 g/mol. The van der Waals surface area contributed by atoms with Crippen LogP contribution >= 0.6 is 7.82 Å². The summed E-state index contributed by atoms with van der Waals surface area (Å²) in [6.07, 6.45) is 26.4. The average Bonchev–Trinajstić information content (AvgIpc) is 3.27. The van der Waals surface area contributed by atoms with Crippen LogP contribution in [-0.4, -0.2) is 89.1 Å². The van der Waals surface area contributed by atoms with Crippen molar-refractivity contribution in [2.24, 2.45) is 0 Å². The molecule has 0 aromatic heterocycles. The van der Waals surface area contributed by atoms with Gasteiger partial charge in [0.25, 0.3) is 0 Å². The Bertz CT molecular complexity index is 1260. The van der Waals surface area contributed by atoms with Crippen molar-refractivity contribution in [2.75, 3.05) is 40.1 Å². The summed E-state index contributed by atoms with van der Waals surface area (Å²) in [7, 11) is -2.73. The number of carbonyl (C=O) groups excluding carboxylic acids is 2. The first kappa shape index (κ1) is 57.2. The second kappa shape index (κ2) is 38.7. The molecule has 13 nitrogen and oxygen atoms in total. The van der Waals surface area contributed by atoms with Gasteiger partial charge < -0.3 is 33.2 Å². The Morgan fingerprint density at radius 2 is 1.29 bits per heavy atom. The van der Waals surface area contributed by atoms with Gasteiger partial charge in [-0.15, -0.1) is 13.2 Å². The van der Waals surface area contributed by atoms with Crippen LogP contribution in [0, 0.1) is 0 Å². The topological polar surface area (TPSA) is 144 Å². The van der Waals surface area contributed by atoms with E-state index in [0.29, 0.717) is 12.8 Å². The van der Waals surface area contributed by atoms with Gasteiger partial charge in [0.1, 0.15) is 31.5 Å². The van der Waals surface area contributed by atoms with Gasteiger partial charge in [-0.1, -0.05) is 140 Å². The number of phosphoric acid groups is 1. The average molecular weight is 899 g/mol. The lowest BCUT2D eigenvalue weighted by Gasteiger charge is -2.45. The quantitative estimate of drug-likeness (QED) is 0.0189. The number of esters is 1. The van der Waals surface area contributed by atoms with E-state index in [1.807, 2.05) is 0 Å². The maximum atomic E-state index is 14.2. The third kappa shape index (κ3) is 27.4. The molecule has 0 aliphatic carbocycles. The number of hydrogen-bond acceptors (Lipinski definition) is 13. The fraction of sp³-hybridized carbons (Fsp3) is 0.750. The van der Waals surface area contributed by atoms with Crippen molar-refractivity contribution in [3.63, 3.8) is 0 Å². The van der Waals surface area contributed by atoms with Crippen LogP contribution in [0.3, 0.4) is 0 Å². The molecule has 0 saturated carbocycles. The fourth-order valence-electron chi connectivity index (χ4n) is 6.82. The Morgan fingerprint density at radius 3 is 1.89 bits per heavy atom. The molecule has 1 heterocycles. The molecular formula is C48H83O13P. The molecule has 0 amide bonds. The molecule has 1 saturated heterocycles. The predicted octanol–water partition coefficient (Wildman–Crippen LogP) is 12.6. The van der Waals surface area contributed by atoms with E-state index in [1.165, 1.54) is 75.9 Å². The van der Waals surface area contributed by atoms with Gasteiger partial charge in [-0.05, 0) is 51.9 Å². The molecule has 0 aromatic carbocycles. The van der Waals surface area contributed by atoms with Crippen LogP contribution in [0.15, 0.2) is 62.5 Å². The van der Waals surface area contributed by atoms with E-state index in [1.54, 1.807) is 20.1 Å². The number of allylic oxidation sites excluding steroid dienone is 3. The van der Waals surface area contributed by atoms with Gasteiger partial charge in [-0.3, -0.25) is 18.4 Å². The van der Waals surface area contributed by atoms with Crippen LogP contribution in [0.5, 0.6) is 0 Å². The molecule has 14 heteroatoms. The van der Waals surface area contributed by atoms with Crippen LogP contribution in [0.25, 0.3) is 0 Å². The van der Waals surface area contributed by atoms with Crippen LogP contribution in [0.2, 0.25) is 0 Å². The molecule has 62 heavy (non-hydrogen) atoms. The number of phosphoric ester groups is 1. The Balaban J connectivity index is 3.23. The molecule has 1 aliphatic heterocycles.